The van der Waals surface area contributed by atoms with Gasteiger partial charge in [-0.3, -0.25) is 0 Å². The van der Waals surface area contributed by atoms with Gasteiger partial charge in [0.1, 0.15) is 0 Å². The third kappa shape index (κ3) is 4.86. The van der Waals surface area contributed by atoms with Crippen LogP contribution >= 0.6 is 0 Å². The van der Waals surface area contributed by atoms with Gasteiger partial charge in [0.05, 0.1) is 75.6 Å². The van der Waals surface area contributed by atoms with E-state index in [4.69, 9.17) is 26.0 Å². The smallest absolute Gasteiger partial charge is 0.0667 e. The minimum Gasteiger partial charge on any atom is -0.309 e. The monoisotopic (exact) mass is 756 g/mol. The van der Waals surface area contributed by atoms with E-state index in [2.05, 4.69) is 0 Å². The van der Waals surface area contributed by atoms with Gasteiger partial charge in [0.25, 0.3) is 0 Å². The molecule has 0 unspecified atom stereocenters. The number of hydrogen-bond donors (Lipinski definition) is 0. The van der Waals surface area contributed by atoms with E-state index in [1.165, 1.54) is 24.3 Å². The van der Waals surface area contributed by atoms with Crippen LogP contribution in [-0.4, -0.2) is 13.7 Å². The molecule has 266 valence electrons. The first-order valence-corrected chi connectivity index (χ1v) is 17.1. The highest BCUT2D eigenvalue weighted by Gasteiger charge is 2.19. The minimum atomic E-state index is -1.02. The van der Waals surface area contributed by atoms with Crippen LogP contribution in [0.5, 0.6) is 0 Å². The van der Waals surface area contributed by atoms with Crippen molar-refractivity contribution in [2.75, 3.05) is 0 Å². The van der Waals surface area contributed by atoms with Crippen LogP contribution in [0.1, 0.15) is 42.5 Å². The van der Waals surface area contributed by atoms with Crippen molar-refractivity contribution in [3.8, 4) is 39.3 Å². The van der Waals surface area contributed by atoms with Crippen molar-refractivity contribution < 1.29 is 42.5 Å². The van der Waals surface area contributed by atoms with Crippen LogP contribution in [0, 0.1) is 0 Å². The summed E-state index contributed by atoms with van der Waals surface area (Å²) in [6.07, 6.45) is 0. The molecule has 0 fully saturated rings. The Morgan fingerprint density at radius 3 is 1.30 bits per heavy atom. The quantitative estimate of drug-likeness (QED) is 0.166. The number of benzene rings is 9. The first-order valence-electron chi connectivity index (χ1n) is 32.6. The molecule has 12 aromatic rings. The van der Waals surface area contributed by atoms with E-state index in [-0.39, 0.29) is 11.3 Å². The van der Waals surface area contributed by atoms with Crippen LogP contribution in [0.2, 0.25) is 0 Å². The van der Waals surface area contributed by atoms with E-state index in [0.717, 1.165) is 13.7 Å². The summed E-state index contributed by atoms with van der Waals surface area (Å²) in [7, 11) is 0. The predicted octanol–water partition coefficient (Wildman–Crippen LogP) is 14.3. The van der Waals surface area contributed by atoms with Gasteiger partial charge in [0.15, 0.2) is 0 Å². The summed E-state index contributed by atoms with van der Waals surface area (Å²) in [5, 5.41) is -3.03. The van der Waals surface area contributed by atoms with E-state index in [9.17, 15) is 16.4 Å². The summed E-state index contributed by atoms with van der Waals surface area (Å²) in [4.78, 5) is 0. The lowest BCUT2D eigenvalue weighted by Crippen LogP contribution is -1.98. The third-order valence-corrected chi connectivity index (χ3v) is 9.54. The van der Waals surface area contributed by atoms with E-state index in [0.29, 0.717) is 0 Å². The second-order valence-electron chi connectivity index (χ2n) is 12.6. The Labute approximate surface area is 373 Å². The highest BCUT2D eigenvalue weighted by Crippen LogP contribution is 2.39. The molecule has 12 rings (SSSR count). The van der Waals surface area contributed by atoms with E-state index in [1.54, 1.807) is 0 Å². The number of aromatic nitrogens is 3. The Hall–Kier alpha value is -7.62. The molecule has 3 heterocycles. The van der Waals surface area contributed by atoms with Gasteiger partial charge >= 0.3 is 0 Å². The molecular formula is C54H35N3. The molecular weight excluding hydrogens is 691 g/mol. The molecule has 3 aromatic heterocycles. The van der Waals surface area contributed by atoms with Gasteiger partial charge in [0.2, 0.25) is 0 Å². The fraction of sp³-hybridized carbons (Fsp3) is 0. The Balaban J connectivity index is 1.23. The molecule has 0 aliphatic carbocycles. The predicted molar refractivity (Wildman–Crippen MR) is 240 cm³/mol. The average Bonchev–Trinajstić information content (AvgIpc) is 1.57. The van der Waals surface area contributed by atoms with Crippen LogP contribution < -0.4 is 0 Å². The average molecular weight is 757 g/mol. The Bertz CT molecular complexity index is 5210. The van der Waals surface area contributed by atoms with Gasteiger partial charge < -0.3 is 13.7 Å². The summed E-state index contributed by atoms with van der Waals surface area (Å²) in [6, 6.07) is -21.0. The van der Waals surface area contributed by atoms with Gasteiger partial charge in [0, 0.05) is 49.4 Å². The van der Waals surface area contributed by atoms with E-state index in [1.807, 2.05) is 0 Å². The summed E-state index contributed by atoms with van der Waals surface area (Å²) in [5.74, 6) is 0. The highest BCUT2D eigenvalue weighted by molar-refractivity contribution is 6.13. The van der Waals surface area contributed by atoms with E-state index < -0.39 is 281 Å². The molecule has 0 spiro atoms. The van der Waals surface area contributed by atoms with Crippen LogP contribution in [0.25, 0.3) is 105 Å². The van der Waals surface area contributed by atoms with Crippen molar-refractivity contribution in [3.05, 3.63) is 212 Å². The summed E-state index contributed by atoms with van der Waals surface area (Å²) in [5.41, 5.74) is -6.92. The molecule has 0 aliphatic heterocycles. The first-order chi connectivity index (χ1) is 41.2. The molecule has 0 radical (unpaired) electrons. The number of nitrogens with zero attached hydrogens (tertiary/aromatic N) is 3. The van der Waals surface area contributed by atoms with Crippen molar-refractivity contribution in [1.29, 1.82) is 0 Å². The van der Waals surface area contributed by atoms with Crippen LogP contribution in [0.15, 0.2) is 212 Å². The standard InChI is InChI=1S/C54H35N3/c1-2-13-36(14-3-1)37-25-27-38(28-26-37)39-15-12-16-40(33-39)57-51-23-10-6-19-45(51)47-31-29-42(35-54(47)57)56-52-24-11-7-20-46(52)48-34-41(30-32-53(48)56)55-49-21-8-4-17-43(49)44-18-5-9-22-50(44)55/h1-35H/i1D,2D,3D,4D,5D,6D,7D,8D,9D,10D,11D,13D,14D,17D,18D,19D,20D,21D,22D,23D,24D,25D,26D,27D,28D,29D,30D,31D,32D,34D,35D. The fourth-order valence-electron chi connectivity index (χ4n) is 7.11. The number of rotatable bonds is 5. The maximum absolute atomic E-state index is 10.3. The van der Waals surface area contributed by atoms with Crippen LogP contribution in [0.4, 0.5) is 0 Å². The maximum atomic E-state index is 10.3. The van der Waals surface area contributed by atoms with Crippen molar-refractivity contribution >= 4 is 65.4 Å². The molecule has 0 atom stereocenters. The zero-order chi connectivity index (χ0) is 64.4. The Morgan fingerprint density at radius 2 is 0.702 bits per heavy atom. The molecule has 0 N–H and O–H groups in total. The maximum Gasteiger partial charge on any atom is 0.0667 e. The second-order valence-corrected chi connectivity index (χ2v) is 12.6. The zero-order valence-corrected chi connectivity index (χ0v) is 28.7. The normalized spacial score (nSPS) is 19.5. The zero-order valence-electron chi connectivity index (χ0n) is 59.7. The van der Waals surface area contributed by atoms with Gasteiger partial charge in [-0.15, -0.1) is 0 Å². The third-order valence-electron chi connectivity index (χ3n) is 9.54. The number of fused-ring (bicyclic) bond motifs is 9. The molecule has 0 aliphatic rings. The Kier molecular flexibility index (Phi) is 3.02. The Morgan fingerprint density at radius 1 is 0.281 bits per heavy atom. The van der Waals surface area contributed by atoms with Gasteiger partial charge in [-0.2, -0.15) is 0 Å². The lowest BCUT2D eigenvalue weighted by molar-refractivity contribution is 1.15. The van der Waals surface area contributed by atoms with Gasteiger partial charge in [-0.1, -0.05) is 145 Å². The van der Waals surface area contributed by atoms with Crippen molar-refractivity contribution in [3.63, 3.8) is 0 Å². The number of hydrogen-bond acceptors (Lipinski definition) is 0. The molecule has 0 saturated carbocycles. The first kappa shape index (κ1) is 13.8. The lowest BCUT2D eigenvalue weighted by atomic mass is 10.00. The van der Waals surface area contributed by atoms with E-state index >= 15 is 0 Å². The molecule has 3 nitrogen and oxygen atoms in total. The number of para-hydroxylation sites is 4. The van der Waals surface area contributed by atoms with Crippen molar-refractivity contribution in [2.45, 2.75) is 0 Å². The second kappa shape index (κ2) is 12.5. The molecule has 0 saturated heterocycles. The largest absolute Gasteiger partial charge is 0.309 e. The summed E-state index contributed by atoms with van der Waals surface area (Å²) < 4.78 is 283. The van der Waals surface area contributed by atoms with Crippen molar-refractivity contribution in [1.82, 2.24) is 13.7 Å². The molecule has 3 heteroatoms. The molecule has 0 bridgehead atoms. The van der Waals surface area contributed by atoms with Crippen LogP contribution in [0.3, 0.4) is 0 Å². The van der Waals surface area contributed by atoms with Gasteiger partial charge in [-0.05, 0) is 88.8 Å². The van der Waals surface area contributed by atoms with Crippen molar-refractivity contribution in [2.24, 2.45) is 0 Å². The summed E-state index contributed by atoms with van der Waals surface area (Å²) >= 11 is 0. The minimum absolute atomic E-state index is 0.124. The topological polar surface area (TPSA) is 14.8 Å². The fourth-order valence-corrected chi connectivity index (χ4v) is 7.11. The summed E-state index contributed by atoms with van der Waals surface area (Å²) in [6.45, 7) is 0. The molecule has 57 heavy (non-hydrogen) atoms. The highest BCUT2D eigenvalue weighted by atomic mass is 15.0. The SMILES string of the molecule is [2H]c1c([2H])c([2H])c(-c2c([2H])c([2H])c(-c3cccc(-n4c5c([2H])c([2H])c([2H])c([2H])c5c5c([2H])c([2H])c(-n6c7c([2H])c([2H])c([2H])c([2H])c7c7c([2H])c(-n8c9c([2H])c([2H])c([2H])c([2H])c9c9c([2H])c([2H])c([2H])c([2H])c98)c([2H])c([2H])c76)c([2H])c54)c3)c([2H])c2[2H])c([2H])c1[2H]. The molecule has 0 amide bonds. The molecule has 9 aromatic carbocycles. The lowest BCUT2D eigenvalue weighted by Gasteiger charge is -2.13. The van der Waals surface area contributed by atoms with Crippen LogP contribution in [-0.2, 0) is 0 Å². The van der Waals surface area contributed by atoms with Gasteiger partial charge in [-0.25, -0.2) is 0 Å².